The predicted molar refractivity (Wildman–Crippen MR) is 72.0 cm³/mol. The Labute approximate surface area is 112 Å². The number of nitrogens with one attached hydrogen (secondary N) is 2. The second-order valence-electron chi connectivity index (χ2n) is 4.67. The van der Waals surface area contributed by atoms with Gasteiger partial charge >= 0.3 is 0 Å². The molecule has 0 aromatic heterocycles. The number of rotatable bonds is 5. The fourth-order valence-corrected chi connectivity index (χ4v) is 2.57. The maximum absolute atomic E-state index is 12.0. The van der Waals surface area contributed by atoms with Crippen LogP contribution in [0, 0.1) is 5.41 Å². The number of carbonyl (C=O) groups excluding carboxylic acids is 1. The Morgan fingerprint density at radius 2 is 2.11 bits per heavy atom. The van der Waals surface area contributed by atoms with E-state index in [4.69, 9.17) is 5.73 Å². The van der Waals surface area contributed by atoms with E-state index in [9.17, 15) is 13.2 Å². The van der Waals surface area contributed by atoms with Gasteiger partial charge in [-0.3, -0.25) is 4.79 Å². The van der Waals surface area contributed by atoms with Gasteiger partial charge in [-0.05, 0) is 38.1 Å². The minimum atomic E-state index is -3.51. The van der Waals surface area contributed by atoms with Gasteiger partial charge in [0.1, 0.15) is 0 Å². The summed E-state index contributed by atoms with van der Waals surface area (Å²) in [7, 11) is -2.17. The van der Waals surface area contributed by atoms with Crippen molar-refractivity contribution in [2.75, 3.05) is 18.9 Å². The number of anilines is 1. The number of hydrogen-bond donors (Lipinski definition) is 3. The molecule has 1 aliphatic rings. The smallest absolute Gasteiger partial charge is 0.240 e. The molecular weight excluding hydrogens is 266 g/mol. The molecule has 0 bridgehead atoms. The molecule has 4 N–H and O–H groups in total. The SMILES string of the molecule is CNS(=O)(=O)c1cccc(NC(=O)C2(CN)CC2)c1. The van der Waals surface area contributed by atoms with Gasteiger partial charge in [-0.1, -0.05) is 6.07 Å². The van der Waals surface area contributed by atoms with E-state index in [1.807, 2.05) is 0 Å². The molecule has 1 aromatic carbocycles. The van der Waals surface area contributed by atoms with Crippen molar-refractivity contribution in [1.29, 1.82) is 0 Å². The molecule has 0 heterocycles. The van der Waals surface area contributed by atoms with Crippen LogP contribution < -0.4 is 15.8 Å². The number of benzene rings is 1. The summed E-state index contributed by atoms with van der Waals surface area (Å²) >= 11 is 0. The minimum absolute atomic E-state index is 0.116. The summed E-state index contributed by atoms with van der Waals surface area (Å²) in [6.07, 6.45) is 1.56. The molecule has 0 radical (unpaired) electrons. The average Bonchev–Trinajstić information content (AvgIpc) is 3.20. The normalized spacial score (nSPS) is 16.9. The van der Waals surface area contributed by atoms with Crippen molar-refractivity contribution in [1.82, 2.24) is 4.72 Å². The maximum atomic E-state index is 12.0. The van der Waals surface area contributed by atoms with E-state index < -0.39 is 15.4 Å². The highest BCUT2D eigenvalue weighted by Crippen LogP contribution is 2.45. The van der Waals surface area contributed by atoms with Gasteiger partial charge < -0.3 is 11.1 Å². The standard InChI is InChI=1S/C12H17N3O3S/c1-14-19(17,18)10-4-2-3-9(7-10)15-11(16)12(8-13)5-6-12/h2-4,7,14H,5-6,8,13H2,1H3,(H,15,16). The van der Waals surface area contributed by atoms with Crippen LogP contribution in [0.4, 0.5) is 5.69 Å². The van der Waals surface area contributed by atoms with Crippen molar-refractivity contribution >= 4 is 21.6 Å². The van der Waals surface area contributed by atoms with E-state index in [0.29, 0.717) is 12.2 Å². The van der Waals surface area contributed by atoms with E-state index >= 15 is 0 Å². The Morgan fingerprint density at radius 3 is 2.63 bits per heavy atom. The second-order valence-corrected chi connectivity index (χ2v) is 6.56. The highest BCUT2D eigenvalue weighted by molar-refractivity contribution is 7.89. The number of nitrogens with two attached hydrogens (primary N) is 1. The molecule has 0 unspecified atom stereocenters. The number of sulfonamides is 1. The first kappa shape index (κ1) is 14.0. The van der Waals surface area contributed by atoms with E-state index in [0.717, 1.165) is 12.8 Å². The summed E-state index contributed by atoms with van der Waals surface area (Å²) in [4.78, 5) is 12.1. The summed E-state index contributed by atoms with van der Waals surface area (Å²) in [5.41, 5.74) is 5.58. The molecule has 0 spiro atoms. The monoisotopic (exact) mass is 283 g/mol. The van der Waals surface area contributed by atoms with Crippen LogP contribution >= 0.6 is 0 Å². The highest BCUT2D eigenvalue weighted by Gasteiger charge is 2.48. The van der Waals surface area contributed by atoms with E-state index in [1.54, 1.807) is 12.1 Å². The zero-order chi connectivity index (χ0) is 14.1. The maximum Gasteiger partial charge on any atom is 0.240 e. The molecule has 104 valence electrons. The molecule has 0 saturated heterocycles. The Hall–Kier alpha value is -1.44. The van der Waals surface area contributed by atoms with Crippen molar-refractivity contribution in [2.24, 2.45) is 11.1 Å². The van der Waals surface area contributed by atoms with Crippen LogP contribution in [0.5, 0.6) is 0 Å². The van der Waals surface area contributed by atoms with E-state index in [1.165, 1.54) is 19.2 Å². The van der Waals surface area contributed by atoms with Crippen LogP contribution in [0.25, 0.3) is 0 Å². The van der Waals surface area contributed by atoms with Crippen LogP contribution in [-0.4, -0.2) is 27.9 Å². The van der Waals surface area contributed by atoms with Gasteiger partial charge in [0, 0.05) is 12.2 Å². The molecule has 7 heteroatoms. The van der Waals surface area contributed by atoms with Crippen LogP contribution in [-0.2, 0) is 14.8 Å². The van der Waals surface area contributed by atoms with Gasteiger partial charge in [0.2, 0.25) is 15.9 Å². The van der Waals surface area contributed by atoms with Crippen molar-refractivity contribution in [3.05, 3.63) is 24.3 Å². The van der Waals surface area contributed by atoms with Crippen molar-refractivity contribution in [3.8, 4) is 0 Å². The van der Waals surface area contributed by atoms with E-state index in [-0.39, 0.29) is 10.8 Å². The predicted octanol–water partition coefficient (Wildman–Crippen LogP) is 0.272. The van der Waals surface area contributed by atoms with Gasteiger partial charge in [-0.25, -0.2) is 13.1 Å². The molecule has 0 atom stereocenters. The van der Waals surface area contributed by atoms with Crippen LogP contribution in [0.15, 0.2) is 29.2 Å². The summed E-state index contributed by atoms with van der Waals surface area (Å²) in [6.45, 7) is 0.313. The first-order valence-corrected chi connectivity index (χ1v) is 7.47. The summed E-state index contributed by atoms with van der Waals surface area (Å²) in [5, 5.41) is 2.72. The lowest BCUT2D eigenvalue weighted by atomic mass is 10.1. The summed E-state index contributed by atoms with van der Waals surface area (Å²) < 4.78 is 25.6. The van der Waals surface area contributed by atoms with Crippen molar-refractivity contribution in [2.45, 2.75) is 17.7 Å². The molecule has 1 fully saturated rings. The third-order valence-electron chi connectivity index (χ3n) is 3.40. The molecule has 6 nitrogen and oxygen atoms in total. The first-order valence-electron chi connectivity index (χ1n) is 5.99. The largest absolute Gasteiger partial charge is 0.329 e. The van der Waals surface area contributed by atoms with Crippen LogP contribution in [0.3, 0.4) is 0 Å². The molecule has 2 rings (SSSR count). The second kappa shape index (κ2) is 4.92. The molecule has 1 saturated carbocycles. The number of hydrogen-bond acceptors (Lipinski definition) is 4. The zero-order valence-corrected chi connectivity index (χ0v) is 11.5. The Balaban J connectivity index is 2.19. The third-order valence-corrected chi connectivity index (χ3v) is 4.81. The van der Waals surface area contributed by atoms with Crippen LogP contribution in [0.2, 0.25) is 0 Å². The molecule has 1 amide bonds. The van der Waals surface area contributed by atoms with Crippen molar-refractivity contribution < 1.29 is 13.2 Å². The highest BCUT2D eigenvalue weighted by atomic mass is 32.2. The molecular formula is C12H17N3O3S. The van der Waals surface area contributed by atoms with Gasteiger partial charge in [0.05, 0.1) is 10.3 Å². The van der Waals surface area contributed by atoms with Gasteiger partial charge in [-0.15, -0.1) is 0 Å². The van der Waals surface area contributed by atoms with Gasteiger partial charge in [0.25, 0.3) is 0 Å². The minimum Gasteiger partial charge on any atom is -0.329 e. The average molecular weight is 283 g/mol. The molecule has 1 aromatic rings. The lowest BCUT2D eigenvalue weighted by Gasteiger charge is -2.13. The fraction of sp³-hybridized carbons (Fsp3) is 0.417. The number of amides is 1. The van der Waals surface area contributed by atoms with E-state index in [2.05, 4.69) is 10.0 Å². The van der Waals surface area contributed by atoms with Crippen molar-refractivity contribution in [3.63, 3.8) is 0 Å². The lowest BCUT2D eigenvalue weighted by Crippen LogP contribution is -2.30. The lowest BCUT2D eigenvalue weighted by molar-refractivity contribution is -0.120. The molecule has 19 heavy (non-hydrogen) atoms. The Bertz CT molecular complexity index is 594. The summed E-state index contributed by atoms with van der Waals surface area (Å²) in [6, 6.07) is 6.13. The molecule has 1 aliphatic carbocycles. The Kier molecular flexibility index (Phi) is 3.62. The fourth-order valence-electron chi connectivity index (χ4n) is 1.80. The Morgan fingerprint density at radius 1 is 1.42 bits per heavy atom. The quantitative estimate of drug-likeness (QED) is 0.722. The summed E-state index contributed by atoms with van der Waals surface area (Å²) in [5.74, 6) is -0.144. The van der Waals surface area contributed by atoms with Gasteiger partial charge in [0.15, 0.2) is 0 Å². The topological polar surface area (TPSA) is 101 Å². The number of carbonyl (C=O) groups is 1. The van der Waals surface area contributed by atoms with Crippen LogP contribution in [0.1, 0.15) is 12.8 Å². The zero-order valence-electron chi connectivity index (χ0n) is 10.6. The van der Waals surface area contributed by atoms with Gasteiger partial charge in [-0.2, -0.15) is 0 Å². The first-order chi connectivity index (χ1) is 8.93. The molecule has 0 aliphatic heterocycles. The third kappa shape index (κ3) is 2.78.